The minimum Gasteiger partial charge on any atom is -0.493 e. The van der Waals surface area contributed by atoms with Gasteiger partial charge in [0.25, 0.3) is 0 Å². The van der Waals surface area contributed by atoms with E-state index < -0.39 is 0 Å². The highest BCUT2D eigenvalue weighted by Gasteiger charge is 2.30. The normalized spacial score (nSPS) is 17.0. The summed E-state index contributed by atoms with van der Waals surface area (Å²) >= 11 is 0. The molecule has 118 valence electrons. The number of methoxy groups -OCH3 is 3. The number of benzene rings is 1. The number of hydrogen-bond acceptors (Lipinski definition) is 6. The summed E-state index contributed by atoms with van der Waals surface area (Å²) in [6.07, 6.45) is 2.92. The van der Waals surface area contributed by atoms with E-state index in [0.29, 0.717) is 23.1 Å². The predicted molar refractivity (Wildman–Crippen MR) is 81.8 cm³/mol. The van der Waals surface area contributed by atoms with Crippen molar-refractivity contribution in [1.82, 2.24) is 5.16 Å². The summed E-state index contributed by atoms with van der Waals surface area (Å²) in [4.78, 5) is 0. The molecule has 1 aliphatic rings. The van der Waals surface area contributed by atoms with Gasteiger partial charge in [0, 0.05) is 11.5 Å². The van der Waals surface area contributed by atoms with Crippen molar-refractivity contribution >= 4 is 5.88 Å². The van der Waals surface area contributed by atoms with Crippen molar-refractivity contribution in [2.75, 3.05) is 27.1 Å². The zero-order valence-corrected chi connectivity index (χ0v) is 13.0. The monoisotopic (exact) mass is 304 g/mol. The van der Waals surface area contributed by atoms with E-state index in [2.05, 4.69) is 5.16 Å². The van der Waals surface area contributed by atoms with Crippen LogP contribution in [-0.2, 0) is 6.42 Å². The second kappa shape index (κ2) is 5.79. The number of aryl methyl sites for hydroxylation is 1. The quantitative estimate of drug-likeness (QED) is 0.935. The van der Waals surface area contributed by atoms with Gasteiger partial charge in [-0.3, -0.25) is 0 Å². The van der Waals surface area contributed by atoms with E-state index in [-0.39, 0.29) is 5.92 Å². The molecule has 1 aliphatic carbocycles. The number of ether oxygens (including phenoxy) is 3. The van der Waals surface area contributed by atoms with E-state index in [0.717, 1.165) is 36.1 Å². The van der Waals surface area contributed by atoms with Gasteiger partial charge in [0.1, 0.15) is 0 Å². The van der Waals surface area contributed by atoms with Crippen LogP contribution in [0.15, 0.2) is 16.7 Å². The topological polar surface area (TPSA) is 79.7 Å². The van der Waals surface area contributed by atoms with Crippen molar-refractivity contribution in [3.8, 4) is 17.2 Å². The number of anilines is 1. The number of nitrogens with zero attached hydrogens (tertiary/aromatic N) is 1. The molecule has 0 radical (unpaired) electrons. The fourth-order valence-electron chi connectivity index (χ4n) is 3.15. The molecular formula is C16H20N2O4. The summed E-state index contributed by atoms with van der Waals surface area (Å²) in [5.41, 5.74) is 8.96. The van der Waals surface area contributed by atoms with Gasteiger partial charge in [0.05, 0.1) is 27.0 Å². The average molecular weight is 304 g/mol. The molecule has 6 nitrogen and oxygen atoms in total. The Labute approximate surface area is 129 Å². The van der Waals surface area contributed by atoms with Gasteiger partial charge >= 0.3 is 0 Å². The molecule has 1 aromatic heterocycles. The lowest BCUT2D eigenvalue weighted by Gasteiger charge is -2.23. The molecule has 2 N–H and O–H groups in total. The standard InChI is InChI=1S/C16H20N2O4/c1-19-12-7-9(8-13(20-2)15(12)21-3)10-5-4-6-11-14(10)16(17)22-18-11/h7-8,10H,4-6,17H2,1-3H3. The van der Waals surface area contributed by atoms with Crippen molar-refractivity contribution in [1.29, 1.82) is 0 Å². The third-order valence-electron chi connectivity index (χ3n) is 4.17. The Morgan fingerprint density at radius 2 is 1.82 bits per heavy atom. The molecule has 6 heteroatoms. The SMILES string of the molecule is COc1cc(C2CCCc3noc(N)c32)cc(OC)c1OC. The van der Waals surface area contributed by atoms with Crippen LogP contribution in [0.5, 0.6) is 17.2 Å². The van der Waals surface area contributed by atoms with Gasteiger partial charge in [0.2, 0.25) is 11.6 Å². The number of rotatable bonds is 4. The molecule has 1 aromatic carbocycles. The lowest BCUT2D eigenvalue weighted by molar-refractivity contribution is 0.323. The van der Waals surface area contributed by atoms with Crippen LogP contribution < -0.4 is 19.9 Å². The molecule has 2 aromatic rings. The lowest BCUT2D eigenvalue weighted by Crippen LogP contribution is -2.12. The number of aromatic nitrogens is 1. The maximum atomic E-state index is 5.97. The molecule has 0 saturated carbocycles. The highest BCUT2D eigenvalue weighted by atomic mass is 16.5. The van der Waals surface area contributed by atoms with E-state index in [1.54, 1.807) is 21.3 Å². The van der Waals surface area contributed by atoms with Crippen LogP contribution in [0, 0.1) is 0 Å². The van der Waals surface area contributed by atoms with Crippen LogP contribution in [0.1, 0.15) is 35.6 Å². The van der Waals surface area contributed by atoms with Gasteiger partial charge in [-0.15, -0.1) is 0 Å². The Morgan fingerprint density at radius 1 is 1.14 bits per heavy atom. The smallest absolute Gasteiger partial charge is 0.226 e. The zero-order chi connectivity index (χ0) is 15.7. The minimum atomic E-state index is 0.128. The fourth-order valence-corrected chi connectivity index (χ4v) is 3.15. The van der Waals surface area contributed by atoms with Crippen molar-refractivity contribution in [3.63, 3.8) is 0 Å². The van der Waals surface area contributed by atoms with Crippen LogP contribution >= 0.6 is 0 Å². The molecule has 0 spiro atoms. The first kappa shape index (κ1) is 14.6. The number of nitrogen functional groups attached to an aromatic ring is 1. The summed E-state index contributed by atoms with van der Waals surface area (Å²) in [6, 6.07) is 3.93. The fraction of sp³-hybridized carbons (Fsp3) is 0.438. The third kappa shape index (κ3) is 2.24. The third-order valence-corrected chi connectivity index (χ3v) is 4.17. The van der Waals surface area contributed by atoms with Gasteiger partial charge in [-0.05, 0) is 37.0 Å². The maximum Gasteiger partial charge on any atom is 0.226 e. The van der Waals surface area contributed by atoms with Crippen molar-refractivity contribution in [2.24, 2.45) is 0 Å². The summed E-state index contributed by atoms with van der Waals surface area (Å²) in [7, 11) is 4.82. The molecule has 0 fully saturated rings. The Hall–Kier alpha value is -2.37. The highest BCUT2D eigenvalue weighted by molar-refractivity contribution is 5.57. The number of nitrogens with two attached hydrogens (primary N) is 1. The lowest BCUT2D eigenvalue weighted by atomic mass is 9.81. The second-order valence-corrected chi connectivity index (χ2v) is 5.31. The van der Waals surface area contributed by atoms with Gasteiger partial charge in [-0.2, -0.15) is 0 Å². The molecule has 0 saturated heterocycles. The first-order valence-electron chi connectivity index (χ1n) is 7.23. The van der Waals surface area contributed by atoms with E-state index >= 15 is 0 Å². The Bertz CT molecular complexity index is 656. The zero-order valence-electron chi connectivity index (χ0n) is 13.0. The number of fused-ring (bicyclic) bond motifs is 1. The Balaban J connectivity index is 2.11. The van der Waals surface area contributed by atoms with Crippen molar-refractivity contribution < 1.29 is 18.7 Å². The molecule has 0 bridgehead atoms. The average Bonchev–Trinajstić information content (AvgIpc) is 2.94. The second-order valence-electron chi connectivity index (χ2n) is 5.31. The van der Waals surface area contributed by atoms with Crippen LogP contribution in [0.2, 0.25) is 0 Å². The van der Waals surface area contributed by atoms with E-state index in [4.69, 9.17) is 24.5 Å². The van der Waals surface area contributed by atoms with Gasteiger partial charge in [-0.1, -0.05) is 5.16 Å². The molecule has 0 amide bonds. The number of hydrogen-bond donors (Lipinski definition) is 1. The Kier molecular flexibility index (Phi) is 3.83. The van der Waals surface area contributed by atoms with Crippen LogP contribution in [0.3, 0.4) is 0 Å². The first-order valence-corrected chi connectivity index (χ1v) is 7.23. The summed E-state index contributed by atoms with van der Waals surface area (Å²) in [5, 5.41) is 4.06. The van der Waals surface area contributed by atoms with Crippen molar-refractivity contribution in [3.05, 3.63) is 29.0 Å². The van der Waals surface area contributed by atoms with Crippen LogP contribution in [0.25, 0.3) is 0 Å². The maximum absolute atomic E-state index is 5.97. The molecule has 1 unspecified atom stereocenters. The van der Waals surface area contributed by atoms with Crippen LogP contribution in [0.4, 0.5) is 5.88 Å². The van der Waals surface area contributed by atoms with Gasteiger partial charge in [-0.25, -0.2) is 0 Å². The molecule has 22 heavy (non-hydrogen) atoms. The van der Waals surface area contributed by atoms with Crippen LogP contribution in [-0.4, -0.2) is 26.5 Å². The predicted octanol–water partition coefficient (Wildman–Crippen LogP) is 2.75. The highest BCUT2D eigenvalue weighted by Crippen LogP contribution is 2.45. The van der Waals surface area contributed by atoms with Gasteiger partial charge in [0.15, 0.2) is 11.5 Å². The minimum absolute atomic E-state index is 0.128. The van der Waals surface area contributed by atoms with E-state index in [9.17, 15) is 0 Å². The van der Waals surface area contributed by atoms with E-state index in [1.807, 2.05) is 12.1 Å². The summed E-state index contributed by atoms with van der Waals surface area (Å²) in [5.74, 6) is 2.39. The summed E-state index contributed by atoms with van der Waals surface area (Å²) in [6.45, 7) is 0. The molecular weight excluding hydrogens is 284 g/mol. The summed E-state index contributed by atoms with van der Waals surface area (Å²) < 4.78 is 21.4. The largest absolute Gasteiger partial charge is 0.493 e. The van der Waals surface area contributed by atoms with Gasteiger partial charge < -0.3 is 24.5 Å². The molecule has 3 rings (SSSR count). The molecule has 1 heterocycles. The Morgan fingerprint density at radius 3 is 2.41 bits per heavy atom. The molecule has 1 atom stereocenters. The van der Waals surface area contributed by atoms with E-state index in [1.165, 1.54) is 0 Å². The first-order chi connectivity index (χ1) is 10.7. The molecule has 0 aliphatic heterocycles. The van der Waals surface area contributed by atoms with Crippen molar-refractivity contribution in [2.45, 2.75) is 25.2 Å².